The van der Waals surface area contributed by atoms with Crippen LogP contribution in [0.4, 0.5) is 16.2 Å². The average molecular weight is 398 g/mol. The molecule has 0 aliphatic carbocycles. The molecule has 8 heteroatoms. The van der Waals surface area contributed by atoms with Gasteiger partial charge in [-0.05, 0) is 42.0 Å². The highest BCUT2D eigenvalue weighted by Crippen LogP contribution is 2.14. The van der Waals surface area contributed by atoms with Gasteiger partial charge in [-0.3, -0.25) is 9.69 Å². The van der Waals surface area contributed by atoms with Gasteiger partial charge in [-0.25, -0.2) is 4.79 Å². The lowest BCUT2D eigenvalue weighted by Gasteiger charge is -2.25. The van der Waals surface area contributed by atoms with E-state index in [2.05, 4.69) is 20.9 Å². The maximum atomic E-state index is 12.1. The van der Waals surface area contributed by atoms with Crippen LogP contribution in [0.3, 0.4) is 0 Å². The Hall–Kier alpha value is -3.10. The summed E-state index contributed by atoms with van der Waals surface area (Å²) in [5.74, 6) is 0.708. The van der Waals surface area contributed by atoms with Crippen LogP contribution in [0.5, 0.6) is 5.75 Å². The van der Waals surface area contributed by atoms with Crippen molar-refractivity contribution in [1.82, 2.24) is 10.2 Å². The third-order valence-electron chi connectivity index (χ3n) is 4.51. The van der Waals surface area contributed by atoms with E-state index in [0.717, 1.165) is 24.4 Å². The summed E-state index contributed by atoms with van der Waals surface area (Å²) in [6.07, 6.45) is 0. The molecule has 0 bridgehead atoms. The molecule has 1 saturated heterocycles. The molecule has 2 aromatic carbocycles. The Kier molecular flexibility index (Phi) is 7.43. The van der Waals surface area contributed by atoms with Crippen LogP contribution >= 0.6 is 0 Å². The molecule has 8 nitrogen and oxygen atoms in total. The molecule has 0 unspecified atom stereocenters. The minimum Gasteiger partial charge on any atom is -0.497 e. The molecule has 29 heavy (non-hydrogen) atoms. The molecule has 3 N–H and O–H groups in total. The first-order valence-corrected chi connectivity index (χ1v) is 9.50. The molecule has 0 atom stereocenters. The van der Waals surface area contributed by atoms with E-state index in [9.17, 15) is 9.59 Å². The van der Waals surface area contributed by atoms with Crippen LogP contribution in [0.15, 0.2) is 48.5 Å². The Morgan fingerprint density at radius 2 is 1.59 bits per heavy atom. The normalized spacial score (nSPS) is 14.1. The Bertz CT molecular complexity index is 802. The summed E-state index contributed by atoms with van der Waals surface area (Å²) >= 11 is 0. The van der Waals surface area contributed by atoms with E-state index in [1.165, 1.54) is 0 Å². The molecule has 1 fully saturated rings. The number of nitrogens with one attached hydrogen (secondary N) is 3. The van der Waals surface area contributed by atoms with Crippen LogP contribution in [0.2, 0.25) is 0 Å². The fraction of sp³-hybridized carbons (Fsp3) is 0.333. The number of rotatable bonds is 7. The van der Waals surface area contributed by atoms with Gasteiger partial charge in [-0.15, -0.1) is 0 Å². The molecule has 3 rings (SSSR count). The molecule has 0 saturated carbocycles. The third kappa shape index (κ3) is 6.78. The Morgan fingerprint density at radius 1 is 0.966 bits per heavy atom. The molecule has 0 radical (unpaired) electrons. The number of hydrogen-bond donors (Lipinski definition) is 3. The molecule has 0 aromatic heterocycles. The van der Waals surface area contributed by atoms with Crippen molar-refractivity contribution >= 4 is 23.3 Å². The lowest BCUT2D eigenvalue weighted by molar-refractivity contribution is -0.118. The van der Waals surface area contributed by atoms with Crippen molar-refractivity contribution < 1.29 is 19.1 Å². The van der Waals surface area contributed by atoms with Crippen LogP contribution in [0, 0.1) is 0 Å². The van der Waals surface area contributed by atoms with Crippen molar-refractivity contribution in [3.8, 4) is 5.75 Å². The van der Waals surface area contributed by atoms with Gasteiger partial charge in [0.25, 0.3) is 0 Å². The highest BCUT2D eigenvalue weighted by Gasteiger charge is 2.14. The Morgan fingerprint density at radius 3 is 2.21 bits per heavy atom. The van der Waals surface area contributed by atoms with E-state index < -0.39 is 0 Å². The van der Waals surface area contributed by atoms with Crippen molar-refractivity contribution in [3.63, 3.8) is 0 Å². The van der Waals surface area contributed by atoms with Crippen molar-refractivity contribution in [2.45, 2.75) is 6.54 Å². The van der Waals surface area contributed by atoms with Gasteiger partial charge in [0, 0.05) is 31.0 Å². The molecule has 154 valence electrons. The highest BCUT2D eigenvalue weighted by molar-refractivity contribution is 5.93. The maximum absolute atomic E-state index is 12.1. The number of carbonyl (C=O) groups excluding carboxylic acids is 2. The fourth-order valence-corrected chi connectivity index (χ4v) is 2.90. The molecular formula is C21H26N4O4. The number of carbonyl (C=O) groups is 2. The largest absolute Gasteiger partial charge is 0.497 e. The van der Waals surface area contributed by atoms with E-state index >= 15 is 0 Å². The van der Waals surface area contributed by atoms with Gasteiger partial charge in [0.15, 0.2) is 0 Å². The van der Waals surface area contributed by atoms with Gasteiger partial charge in [0.1, 0.15) is 5.75 Å². The summed E-state index contributed by atoms with van der Waals surface area (Å²) in [5.41, 5.74) is 2.30. The third-order valence-corrected chi connectivity index (χ3v) is 4.51. The number of benzene rings is 2. The van der Waals surface area contributed by atoms with Crippen molar-refractivity contribution in [3.05, 3.63) is 54.1 Å². The maximum Gasteiger partial charge on any atom is 0.319 e. The standard InChI is InChI=1S/C21H26N4O4/c1-28-19-8-2-16(3-9-19)14-22-21(27)24-18-6-4-17(5-7-18)23-20(26)15-25-10-12-29-13-11-25/h2-9H,10-15H2,1H3,(H,23,26)(H2,22,24,27). The molecular weight excluding hydrogens is 372 g/mol. The highest BCUT2D eigenvalue weighted by atomic mass is 16.5. The van der Waals surface area contributed by atoms with Crippen LogP contribution in [-0.4, -0.2) is 56.8 Å². The van der Waals surface area contributed by atoms with Crippen molar-refractivity contribution in [2.75, 3.05) is 50.6 Å². The van der Waals surface area contributed by atoms with E-state index in [1.54, 1.807) is 31.4 Å². The number of methoxy groups -OCH3 is 1. The predicted octanol–water partition coefficient (Wildman–Crippen LogP) is 2.29. The first-order chi connectivity index (χ1) is 14.1. The van der Waals surface area contributed by atoms with Crippen LogP contribution < -0.4 is 20.7 Å². The van der Waals surface area contributed by atoms with Gasteiger partial charge < -0.3 is 25.4 Å². The molecule has 1 heterocycles. The minimum atomic E-state index is -0.301. The summed E-state index contributed by atoms with van der Waals surface area (Å²) in [6.45, 7) is 3.61. The number of amides is 3. The number of morpholine rings is 1. The molecule has 2 aromatic rings. The first-order valence-electron chi connectivity index (χ1n) is 9.50. The summed E-state index contributed by atoms with van der Waals surface area (Å²) in [4.78, 5) is 26.2. The second-order valence-electron chi connectivity index (χ2n) is 6.67. The molecule has 0 spiro atoms. The van der Waals surface area contributed by atoms with Gasteiger partial charge in [-0.1, -0.05) is 12.1 Å². The number of hydrogen-bond acceptors (Lipinski definition) is 5. The smallest absolute Gasteiger partial charge is 0.319 e. The van der Waals surface area contributed by atoms with E-state index in [1.807, 2.05) is 24.3 Å². The van der Waals surface area contributed by atoms with E-state index in [-0.39, 0.29) is 11.9 Å². The van der Waals surface area contributed by atoms with Gasteiger partial charge in [-0.2, -0.15) is 0 Å². The number of nitrogens with zero attached hydrogens (tertiary/aromatic N) is 1. The predicted molar refractivity (Wildman–Crippen MR) is 111 cm³/mol. The number of ether oxygens (including phenoxy) is 2. The number of anilines is 2. The monoisotopic (exact) mass is 398 g/mol. The zero-order valence-electron chi connectivity index (χ0n) is 16.4. The summed E-state index contributed by atoms with van der Waals surface area (Å²) in [7, 11) is 1.61. The van der Waals surface area contributed by atoms with E-state index in [0.29, 0.717) is 37.7 Å². The Balaban J connectivity index is 1.41. The summed E-state index contributed by atoms with van der Waals surface area (Å²) in [6, 6.07) is 14.2. The second kappa shape index (κ2) is 10.4. The summed E-state index contributed by atoms with van der Waals surface area (Å²) in [5, 5.41) is 8.44. The van der Waals surface area contributed by atoms with Crippen molar-refractivity contribution in [1.29, 1.82) is 0 Å². The topological polar surface area (TPSA) is 91.9 Å². The van der Waals surface area contributed by atoms with Crippen LogP contribution in [0.25, 0.3) is 0 Å². The zero-order chi connectivity index (χ0) is 20.5. The van der Waals surface area contributed by atoms with Gasteiger partial charge >= 0.3 is 6.03 Å². The zero-order valence-corrected chi connectivity index (χ0v) is 16.4. The number of urea groups is 1. The average Bonchev–Trinajstić information content (AvgIpc) is 2.75. The quantitative estimate of drug-likeness (QED) is 0.666. The van der Waals surface area contributed by atoms with Crippen LogP contribution in [0.1, 0.15) is 5.56 Å². The first kappa shape index (κ1) is 20.6. The van der Waals surface area contributed by atoms with Gasteiger partial charge in [0.05, 0.1) is 26.9 Å². The second-order valence-corrected chi connectivity index (χ2v) is 6.67. The van der Waals surface area contributed by atoms with Crippen molar-refractivity contribution in [2.24, 2.45) is 0 Å². The lowest BCUT2D eigenvalue weighted by Crippen LogP contribution is -2.41. The fourth-order valence-electron chi connectivity index (χ4n) is 2.90. The molecule has 3 amide bonds. The minimum absolute atomic E-state index is 0.0650. The summed E-state index contributed by atoms with van der Waals surface area (Å²) < 4.78 is 10.4. The molecule has 1 aliphatic heterocycles. The van der Waals surface area contributed by atoms with Gasteiger partial charge in [0.2, 0.25) is 5.91 Å². The SMILES string of the molecule is COc1ccc(CNC(=O)Nc2ccc(NC(=O)CN3CCOCC3)cc2)cc1. The van der Waals surface area contributed by atoms with E-state index in [4.69, 9.17) is 9.47 Å². The lowest BCUT2D eigenvalue weighted by atomic mass is 10.2. The van der Waals surface area contributed by atoms with Crippen LogP contribution in [-0.2, 0) is 16.1 Å². The Labute approximate surface area is 170 Å². The molecule has 1 aliphatic rings.